The number of nitro groups is 1. The molecule has 11 nitrogen and oxygen atoms in total. The first-order valence-corrected chi connectivity index (χ1v) is 13.4. The van der Waals surface area contributed by atoms with Gasteiger partial charge in [-0.2, -0.15) is 9.78 Å². The number of furan rings is 1. The van der Waals surface area contributed by atoms with E-state index in [4.69, 9.17) is 25.5 Å². The average Bonchev–Trinajstić information content (AvgIpc) is 3.36. The lowest BCUT2D eigenvalue weighted by molar-refractivity contribution is -0.386. The molecule has 0 aliphatic carbocycles. The summed E-state index contributed by atoms with van der Waals surface area (Å²) in [6, 6.07) is 16.3. The standard InChI is InChI=1S/C28H20BrClN4O7/c1-3-39-28(36)15(2)40-25-20(29)10-16(11-22(25)34(37)38)14-31-33-26(32-21-7-5-4-6-19(21)27(33)35)24-13-17-12-18(30)8-9-23(17)41-24/h4-15H,3H2,1-2H3/t15-/m1/s1. The molecule has 0 aliphatic heterocycles. The van der Waals surface area contributed by atoms with E-state index < -0.39 is 28.2 Å². The molecule has 0 aliphatic rings. The molecule has 0 amide bonds. The van der Waals surface area contributed by atoms with E-state index in [0.29, 0.717) is 26.9 Å². The van der Waals surface area contributed by atoms with Crippen LogP contribution in [0.4, 0.5) is 5.69 Å². The molecule has 0 saturated carbocycles. The maximum atomic E-state index is 13.5. The Kier molecular flexibility index (Phi) is 7.86. The van der Waals surface area contributed by atoms with Crippen molar-refractivity contribution in [3.63, 3.8) is 0 Å². The SMILES string of the molecule is CCOC(=O)[C@@H](C)Oc1c(Br)cc(C=Nn2c(-c3cc4cc(Cl)ccc4o3)nc3ccccc3c2=O)cc1[N+](=O)[O-]. The lowest BCUT2D eigenvalue weighted by Gasteiger charge is -2.15. The van der Waals surface area contributed by atoms with Gasteiger partial charge in [0.15, 0.2) is 11.9 Å². The van der Waals surface area contributed by atoms with Crippen molar-refractivity contribution in [1.82, 2.24) is 9.66 Å². The molecule has 2 aromatic heterocycles. The summed E-state index contributed by atoms with van der Waals surface area (Å²) >= 11 is 9.41. The van der Waals surface area contributed by atoms with E-state index in [0.717, 1.165) is 4.68 Å². The highest BCUT2D eigenvalue weighted by Crippen LogP contribution is 2.37. The molecule has 0 fully saturated rings. The Morgan fingerprint density at radius 3 is 2.78 bits per heavy atom. The zero-order valence-electron chi connectivity index (χ0n) is 21.5. The lowest BCUT2D eigenvalue weighted by atomic mass is 10.2. The van der Waals surface area contributed by atoms with Gasteiger partial charge in [0.05, 0.1) is 33.1 Å². The topological polar surface area (TPSA) is 139 Å². The van der Waals surface area contributed by atoms with E-state index in [1.165, 1.54) is 25.3 Å². The molecule has 0 saturated heterocycles. The van der Waals surface area contributed by atoms with E-state index in [1.807, 2.05) is 0 Å². The molecule has 208 valence electrons. The van der Waals surface area contributed by atoms with E-state index in [2.05, 4.69) is 26.0 Å². The number of fused-ring (bicyclic) bond motifs is 2. The number of esters is 1. The molecular formula is C28H20BrClN4O7. The van der Waals surface area contributed by atoms with Crippen LogP contribution in [0, 0.1) is 10.1 Å². The second-order valence-corrected chi connectivity index (χ2v) is 10.0. The maximum Gasteiger partial charge on any atom is 0.347 e. The smallest absolute Gasteiger partial charge is 0.347 e. The largest absolute Gasteiger partial charge is 0.471 e. The van der Waals surface area contributed by atoms with Crippen molar-refractivity contribution in [3.05, 3.63) is 96.2 Å². The van der Waals surface area contributed by atoms with Crippen molar-refractivity contribution in [1.29, 1.82) is 0 Å². The third kappa shape index (κ3) is 5.70. The van der Waals surface area contributed by atoms with Gasteiger partial charge in [0.2, 0.25) is 11.6 Å². The summed E-state index contributed by atoms with van der Waals surface area (Å²) in [5, 5.41) is 17.8. The molecule has 1 atom stereocenters. The van der Waals surface area contributed by atoms with E-state index in [-0.39, 0.29) is 34.0 Å². The molecule has 3 aromatic carbocycles. The third-order valence-corrected chi connectivity index (χ3v) is 6.76. The zero-order chi connectivity index (χ0) is 29.3. The summed E-state index contributed by atoms with van der Waals surface area (Å²) in [4.78, 5) is 41.4. The quantitative estimate of drug-likeness (QED) is 0.0829. The molecule has 5 aromatic rings. The van der Waals surface area contributed by atoms with Crippen LogP contribution in [0.3, 0.4) is 0 Å². The number of carbonyl (C=O) groups is 1. The molecule has 41 heavy (non-hydrogen) atoms. The minimum atomic E-state index is -1.09. The van der Waals surface area contributed by atoms with Crippen molar-refractivity contribution in [2.75, 3.05) is 6.61 Å². The highest BCUT2D eigenvalue weighted by atomic mass is 79.9. The fraction of sp³-hybridized carbons (Fsp3) is 0.143. The average molecular weight is 640 g/mol. The lowest BCUT2D eigenvalue weighted by Crippen LogP contribution is -2.26. The van der Waals surface area contributed by atoms with Gasteiger partial charge in [0, 0.05) is 22.0 Å². The van der Waals surface area contributed by atoms with Gasteiger partial charge in [-0.25, -0.2) is 9.78 Å². The monoisotopic (exact) mass is 638 g/mol. The van der Waals surface area contributed by atoms with Crippen molar-refractivity contribution in [2.45, 2.75) is 20.0 Å². The van der Waals surface area contributed by atoms with Gasteiger partial charge in [-0.05, 0) is 72.2 Å². The second-order valence-electron chi connectivity index (χ2n) is 8.73. The molecule has 13 heteroatoms. The first kappa shape index (κ1) is 28.0. The van der Waals surface area contributed by atoms with Crippen LogP contribution in [0.5, 0.6) is 5.75 Å². The third-order valence-electron chi connectivity index (χ3n) is 5.93. The molecule has 0 spiro atoms. The summed E-state index contributed by atoms with van der Waals surface area (Å²) in [7, 11) is 0. The summed E-state index contributed by atoms with van der Waals surface area (Å²) < 4.78 is 17.7. The Labute approximate surface area is 245 Å². The fourth-order valence-electron chi connectivity index (χ4n) is 4.05. The van der Waals surface area contributed by atoms with E-state index in [1.54, 1.807) is 55.5 Å². The number of para-hydroxylation sites is 1. The summed E-state index contributed by atoms with van der Waals surface area (Å²) in [5.41, 5.74) is 0.345. The van der Waals surface area contributed by atoms with Crippen LogP contribution in [-0.4, -0.2) is 39.5 Å². The number of nitro benzene ring substituents is 1. The number of rotatable bonds is 8. The van der Waals surface area contributed by atoms with Gasteiger partial charge in [0.25, 0.3) is 5.56 Å². The van der Waals surface area contributed by atoms with Crippen LogP contribution in [0.2, 0.25) is 5.02 Å². The fourth-order valence-corrected chi connectivity index (χ4v) is 4.79. The van der Waals surface area contributed by atoms with Crippen molar-refractivity contribution < 1.29 is 23.6 Å². The van der Waals surface area contributed by atoms with Crippen LogP contribution in [0.25, 0.3) is 33.5 Å². The van der Waals surface area contributed by atoms with Gasteiger partial charge in [-0.1, -0.05) is 23.7 Å². The predicted octanol–water partition coefficient (Wildman–Crippen LogP) is 6.35. The molecule has 0 unspecified atom stereocenters. The molecule has 5 rings (SSSR count). The number of carbonyl (C=O) groups excluding carboxylic acids is 1. The van der Waals surface area contributed by atoms with Gasteiger partial charge >= 0.3 is 11.7 Å². The summed E-state index contributed by atoms with van der Waals surface area (Å²) in [6.45, 7) is 3.21. The predicted molar refractivity (Wildman–Crippen MR) is 157 cm³/mol. The zero-order valence-corrected chi connectivity index (χ0v) is 23.9. The van der Waals surface area contributed by atoms with Gasteiger partial charge < -0.3 is 13.9 Å². The Morgan fingerprint density at radius 2 is 2.02 bits per heavy atom. The number of ether oxygens (including phenoxy) is 2. The maximum absolute atomic E-state index is 13.5. The van der Waals surface area contributed by atoms with Gasteiger partial charge in [0.1, 0.15) is 5.58 Å². The Bertz CT molecular complexity index is 1920. The van der Waals surface area contributed by atoms with Crippen LogP contribution < -0.4 is 10.3 Å². The normalized spacial score (nSPS) is 12.2. The van der Waals surface area contributed by atoms with Gasteiger partial charge in [-0.15, -0.1) is 0 Å². The van der Waals surface area contributed by atoms with Crippen molar-refractivity contribution >= 4 is 67.3 Å². The van der Waals surface area contributed by atoms with E-state index in [9.17, 15) is 19.7 Å². The first-order valence-electron chi connectivity index (χ1n) is 12.2. The highest BCUT2D eigenvalue weighted by molar-refractivity contribution is 9.10. The molecule has 0 N–H and O–H groups in total. The number of nitrogens with zero attached hydrogens (tertiary/aromatic N) is 4. The van der Waals surface area contributed by atoms with Crippen LogP contribution in [0.15, 0.2) is 79.4 Å². The van der Waals surface area contributed by atoms with Gasteiger partial charge in [-0.3, -0.25) is 14.9 Å². The van der Waals surface area contributed by atoms with Crippen molar-refractivity contribution in [3.8, 4) is 17.3 Å². The molecule has 2 heterocycles. The number of benzene rings is 3. The van der Waals surface area contributed by atoms with Crippen molar-refractivity contribution in [2.24, 2.45) is 5.10 Å². The Hall–Kier alpha value is -4.55. The summed E-state index contributed by atoms with van der Waals surface area (Å²) in [6.07, 6.45) is 0.185. The minimum Gasteiger partial charge on any atom is -0.471 e. The van der Waals surface area contributed by atoms with E-state index >= 15 is 0 Å². The Balaban J connectivity index is 1.61. The first-order chi connectivity index (χ1) is 19.7. The minimum absolute atomic E-state index is 0.119. The second kappa shape index (κ2) is 11.5. The number of hydrogen-bond donors (Lipinski definition) is 0. The molecule has 0 bridgehead atoms. The van der Waals surface area contributed by atoms with Crippen LogP contribution in [0.1, 0.15) is 19.4 Å². The van der Waals surface area contributed by atoms with Crippen LogP contribution in [-0.2, 0) is 9.53 Å². The number of halogens is 2. The Morgan fingerprint density at radius 1 is 1.24 bits per heavy atom. The number of aromatic nitrogens is 2. The highest BCUT2D eigenvalue weighted by Gasteiger charge is 2.25. The molecule has 0 radical (unpaired) electrons. The van der Waals surface area contributed by atoms with Crippen LogP contribution >= 0.6 is 27.5 Å². The molecular weight excluding hydrogens is 620 g/mol. The summed E-state index contributed by atoms with van der Waals surface area (Å²) in [5.74, 6) is -0.429. The number of hydrogen-bond acceptors (Lipinski definition) is 9.